The van der Waals surface area contributed by atoms with Crippen LogP contribution in [0.25, 0.3) is 11.4 Å². The fraction of sp³-hybridized carbons (Fsp3) is 0.211. The van der Waals surface area contributed by atoms with Crippen LogP contribution in [0.1, 0.15) is 36.9 Å². The number of hydrogen-bond donors (Lipinski definition) is 0. The van der Waals surface area contributed by atoms with Crippen molar-refractivity contribution in [1.29, 1.82) is 0 Å². The summed E-state index contributed by atoms with van der Waals surface area (Å²) in [5.41, 5.74) is 1.98. The first kappa shape index (κ1) is 15.9. The Morgan fingerprint density at radius 2 is 2.08 bits per heavy atom. The molecule has 0 aliphatic carbocycles. The second kappa shape index (κ2) is 7.51. The molecule has 3 rings (SSSR count). The highest BCUT2D eigenvalue weighted by atomic mass is 19.1. The second-order valence-electron chi connectivity index (χ2n) is 5.31. The molecular weight excluding hydrogens is 305 g/mol. The summed E-state index contributed by atoms with van der Waals surface area (Å²) in [6, 6.07) is 9.78. The van der Waals surface area contributed by atoms with Crippen LogP contribution in [0.4, 0.5) is 4.39 Å². The van der Waals surface area contributed by atoms with E-state index in [0.717, 1.165) is 24.8 Å². The Balaban J connectivity index is 1.73. The molecule has 0 atom stereocenters. The smallest absolute Gasteiger partial charge is 0.226 e. The van der Waals surface area contributed by atoms with Crippen molar-refractivity contribution in [2.75, 3.05) is 0 Å². The number of aromatic nitrogens is 3. The topological polar surface area (TPSA) is 51.8 Å². The highest BCUT2D eigenvalue weighted by Crippen LogP contribution is 2.15. The molecular formula is C19H16FN3O. The molecule has 0 amide bonds. The molecule has 1 aromatic carbocycles. The highest BCUT2D eigenvalue weighted by molar-refractivity contribution is 5.53. The zero-order chi connectivity index (χ0) is 16.8. The highest BCUT2D eigenvalue weighted by Gasteiger charge is 2.08. The first-order valence-corrected chi connectivity index (χ1v) is 7.81. The van der Waals surface area contributed by atoms with Gasteiger partial charge in [-0.3, -0.25) is 0 Å². The molecule has 5 heteroatoms. The van der Waals surface area contributed by atoms with Crippen molar-refractivity contribution >= 4 is 0 Å². The minimum atomic E-state index is -0.305. The zero-order valence-corrected chi connectivity index (χ0v) is 13.3. The van der Waals surface area contributed by atoms with Gasteiger partial charge in [0.1, 0.15) is 11.5 Å². The molecule has 0 fully saturated rings. The molecule has 0 saturated heterocycles. The van der Waals surface area contributed by atoms with E-state index in [0.29, 0.717) is 23.0 Å². The van der Waals surface area contributed by atoms with Crippen LogP contribution in [0, 0.1) is 17.7 Å². The lowest BCUT2D eigenvalue weighted by Gasteiger charge is -1.94. The van der Waals surface area contributed by atoms with Gasteiger partial charge in [-0.2, -0.15) is 4.98 Å². The molecule has 0 unspecified atom stereocenters. The Morgan fingerprint density at radius 1 is 1.17 bits per heavy atom. The van der Waals surface area contributed by atoms with Crippen LogP contribution < -0.4 is 0 Å². The number of halogens is 1. The third kappa shape index (κ3) is 4.05. The quantitative estimate of drug-likeness (QED) is 0.681. The van der Waals surface area contributed by atoms with Crippen molar-refractivity contribution in [3.05, 3.63) is 65.6 Å². The average Bonchev–Trinajstić information content (AvgIpc) is 3.08. The zero-order valence-electron chi connectivity index (χ0n) is 13.3. The maximum Gasteiger partial charge on any atom is 0.226 e. The fourth-order valence-corrected chi connectivity index (χ4v) is 2.10. The third-order valence-electron chi connectivity index (χ3n) is 3.39. The number of benzene rings is 1. The summed E-state index contributed by atoms with van der Waals surface area (Å²) in [4.78, 5) is 8.63. The van der Waals surface area contributed by atoms with Crippen LogP contribution in [-0.4, -0.2) is 15.1 Å². The SMILES string of the molecule is CCCCc1nc(-c2ccc(C#Cc3cccc(F)c3)nc2)no1. The van der Waals surface area contributed by atoms with Gasteiger partial charge in [-0.15, -0.1) is 0 Å². The van der Waals surface area contributed by atoms with E-state index in [9.17, 15) is 4.39 Å². The summed E-state index contributed by atoms with van der Waals surface area (Å²) in [5.74, 6) is 6.66. The van der Waals surface area contributed by atoms with Crippen molar-refractivity contribution < 1.29 is 8.91 Å². The molecule has 2 heterocycles. The Kier molecular flexibility index (Phi) is 4.97. The molecule has 2 aromatic heterocycles. The van der Waals surface area contributed by atoms with Gasteiger partial charge in [0.15, 0.2) is 0 Å². The second-order valence-corrected chi connectivity index (χ2v) is 5.31. The molecule has 0 radical (unpaired) electrons. The minimum Gasteiger partial charge on any atom is -0.339 e. The van der Waals surface area contributed by atoms with Gasteiger partial charge in [0.25, 0.3) is 0 Å². The van der Waals surface area contributed by atoms with Gasteiger partial charge in [-0.1, -0.05) is 30.5 Å². The molecule has 4 nitrogen and oxygen atoms in total. The average molecular weight is 321 g/mol. The van der Waals surface area contributed by atoms with Crippen LogP contribution in [0.5, 0.6) is 0 Å². The fourth-order valence-electron chi connectivity index (χ4n) is 2.10. The van der Waals surface area contributed by atoms with Crippen LogP contribution in [0.15, 0.2) is 47.1 Å². The summed E-state index contributed by atoms with van der Waals surface area (Å²) in [6.07, 6.45) is 4.55. The maximum absolute atomic E-state index is 13.1. The van der Waals surface area contributed by atoms with Gasteiger partial charge in [-0.25, -0.2) is 9.37 Å². The van der Waals surface area contributed by atoms with Gasteiger partial charge in [0, 0.05) is 23.7 Å². The third-order valence-corrected chi connectivity index (χ3v) is 3.39. The van der Waals surface area contributed by atoms with Crippen LogP contribution in [0.2, 0.25) is 0 Å². The van der Waals surface area contributed by atoms with E-state index in [2.05, 4.69) is 33.9 Å². The monoisotopic (exact) mass is 321 g/mol. The molecule has 3 aromatic rings. The van der Waals surface area contributed by atoms with Crippen LogP contribution in [0.3, 0.4) is 0 Å². The Labute approximate surface area is 139 Å². The maximum atomic E-state index is 13.1. The van der Waals surface area contributed by atoms with Gasteiger partial charge < -0.3 is 4.52 Å². The van der Waals surface area contributed by atoms with E-state index in [-0.39, 0.29) is 5.82 Å². The van der Waals surface area contributed by atoms with E-state index in [4.69, 9.17) is 4.52 Å². The predicted molar refractivity (Wildman–Crippen MR) is 88.5 cm³/mol. The van der Waals surface area contributed by atoms with Crippen molar-refractivity contribution in [3.8, 4) is 23.2 Å². The Bertz CT molecular complexity index is 875. The number of aryl methyl sites for hydroxylation is 1. The lowest BCUT2D eigenvalue weighted by atomic mass is 10.2. The van der Waals surface area contributed by atoms with Crippen LogP contribution in [-0.2, 0) is 6.42 Å². The summed E-state index contributed by atoms with van der Waals surface area (Å²) in [5, 5.41) is 3.97. The lowest BCUT2D eigenvalue weighted by Crippen LogP contribution is -1.87. The normalized spacial score (nSPS) is 10.2. The number of hydrogen-bond acceptors (Lipinski definition) is 4. The van der Waals surface area contributed by atoms with Crippen molar-refractivity contribution in [2.45, 2.75) is 26.2 Å². The van der Waals surface area contributed by atoms with Crippen molar-refractivity contribution in [1.82, 2.24) is 15.1 Å². The van der Waals surface area contributed by atoms with E-state index in [1.54, 1.807) is 24.4 Å². The van der Waals surface area contributed by atoms with Gasteiger partial charge in [0.2, 0.25) is 11.7 Å². The van der Waals surface area contributed by atoms with Gasteiger partial charge >= 0.3 is 0 Å². The van der Waals surface area contributed by atoms with Crippen molar-refractivity contribution in [3.63, 3.8) is 0 Å². The molecule has 0 saturated carbocycles. The summed E-state index contributed by atoms with van der Waals surface area (Å²) in [7, 11) is 0. The number of pyridine rings is 1. The molecule has 0 N–H and O–H groups in total. The van der Waals surface area contributed by atoms with E-state index < -0.39 is 0 Å². The molecule has 0 spiro atoms. The van der Waals surface area contributed by atoms with E-state index >= 15 is 0 Å². The molecule has 0 aliphatic heterocycles. The summed E-state index contributed by atoms with van der Waals surface area (Å²) >= 11 is 0. The lowest BCUT2D eigenvalue weighted by molar-refractivity contribution is 0.375. The molecule has 120 valence electrons. The molecule has 0 bridgehead atoms. The molecule has 24 heavy (non-hydrogen) atoms. The largest absolute Gasteiger partial charge is 0.339 e. The standard InChI is InChI=1S/C19H16FN3O/c1-2-3-7-18-22-19(23-24-18)15-9-11-17(21-13-15)10-8-14-5-4-6-16(20)12-14/h4-6,9,11-13H,2-3,7H2,1H3. The number of nitrogens with zero attached hydrogens (tertiary/aromatic N) is 3. The number of rotatable bonds is 4. The van der Waals surface area contributed by atoms with Crippen LogP contribution >= 0.6 is 0 Å². The predicted octanol–water partition coefficient (Wildman–Crippen LogP) is 4.01. The van der Waals surface area contributed by atoms with E-state index in [1.165, 1.54) is 12.1 Å². The Hall–Kier alpha value is -3.00. The summed E-state index contributed by atoms with van der Waals surface area (Å²) in [6.45, 7) is 2.12. The minimum absolute atomic E-state index is 0.305. The van der Waals surface area contributed by atoms with Gasteiger partial charge in [0.05, 0.1) is 0 Å². The molecule has 0 aliphatic rings. The van der Waals surface area contributed by atoms with Gasteiger partial charge in [-0.05, 0) is 42.7 Å². The van der Waals surface area contributed by atoms with Crippen molar-refractivity contribution in [2.24, 2.45) is 0 Å². The first-order valence-electron chi connectivity index (χ1n) is 7.81. The summed E-state index contributed by atoms with van der Waals surface area (Å²) < 4.78 is 18.3. The number of unbranched alkanes of at least 4 members (excludes halogenated alkanes) is 1. The van der Waals surface area contributed by atoms with E-state index in [1.807, 2.05) is 6.07 Å². The first-order chi connectivity index (χ1) is 11.7. The Morgan fingerprint density at radius 3 is 2.83 bits per heavy atom.